The lowest BCUT2D eigenvalue weighted by atomic mass is 9.97. The summed E-state index contributed by atoms with van der Waals surface area (Å²) in [6.07, 6.45) is 1.47. The molecule has 1 aliphatic heterocycles. The molecule has 0 aliphatic carbocycles. The van der Waals surface area contributed by atoms with Crippen LogP contribution in [0.5, 0.6) is 5.75 Å². The van der Waals surface area contributed by atoms with E-state index in [1.807, 2.05) is 12.1 Å². The molecule has 3 N–H and O–H groups in total. The molecule has 8 nitrogen and oxygen atoms in total. The van der Waals surface area contributed by atoms with Crippen LogP contribution >= 0.6 is 11.6 Å². The van der Waals surface area contributed by atoms with Crippen LogP contribution in [0.4, 0.5) is 16.2 Å². The van der Waals surface area contributed by atoms with Crippen molar-refractivity contribution in [3.8, 4) is 5.75 Å². The van der Waals surface area contributed by atoms with Gasteiger partial charge in [-0.25, -0.2) is 4.79 Å². The lowest BCUT2D eigenvalue weighted by Crippen LogP contribution is -2.44. The Morgan fingerprint density at radius 3 is 2.35 bits per heavy atom. The van der Waals surface area contributed by atoms with E-state index in [4.69, 9.17) is 16.3 Å². The number of urea groups is 1. The monoisotopic (exact) mass is 444 g/mol. The third-order valence-electron chi connectivity index (χ3n) is 5.11. The molecule has 0 bridgehead atoms. The smallest absolute Gasteiger partial charge is 0.321 e. The second kappa shape index (κ2) is 10.7. The average molecular weight is 445 g/mol. The molecule has 9 heteroatoms. The molecule has 0 unspecified atom stereocenters. The molecule has 1 saturated heterocycles. The average Bonchev–Trinajstić information content (AvgIpc) is 2.79. The largest absolute Gasteiger partial charge is 0.495 e. The first-order valence-electron chi connectivity index (χ1n) is 10.00. The standard InChI is InChI=1S/C22H25ClN4O4/c1-31-19-5-3-2-4-18(19)26-22(30)27-12-10-15(11-13-27)14-24-20(28)21(29)25-17-8-6-16(23)7-9-17/h2-9,15H,10-14H2,1H3,(H,24,28)(H,25,29)(H,26,30). The topological polar surface area (TPSA) is 99.8 Å². The van der Waals surface area contributed by atoms with E-state index < -0.39 is 11.8 Å². The van der Waals surface area contributed by atoms with E-state index in [0.29, 0.717) is 41.8 Å². The minimum absolute atomic E-state index is 0.186. The summed E-state index contributed by atoms with van der Waals surface area (Å²) in [4.78, 5) is 38.3. The SMILES string of the molecule is COc1ccccc1NC(=O)N1CCC(CNC(=O)C(=O)Nc2ccc(Cl)cc2)CC1. The highest BCUT2D eigenvalue weighted by molar-refractivity contribution is 6.39. The highest BCUT2D eigenvalue weighted by atomic mass is 35.5. The predicted molar refractivity (Wildman–Crippen MR) is 119 cm³/mol. The Hall–Kier alpha value is -3.26. The predicted octanol–water partition coefficient (Wildman–Crippen LogP) is 3.35. The Kier molecular flexibility index (Phi) is 7.72. The van der Waals surface area contributed by atoms with Crippen LogP contribution in [0, 0.1) is 5.92 Å². The van der Waals surface area contributed by atoms with E-state index in [-0.39, 0.29) is 11.9 Å². The number of ether oxygens (including phenoxy) is 1. The van der Waals surface area contributed by atoms with Crippen LogP contribution in [0.25, 0.3) is 0 Å². The van der Waals surface area contributed by atoms with Crippen molar-refractivity contribution in [2.24, 2.45) is 5.92 Å². The fourth-order valence-corrected chi connectivity index (χ4v) is 3.45. The molecule has 164 valence electrons. The van der Waals surface area contributed by atoms with E-state index in [1.54, 1.807) is 48.4 Å². The zero-order valence-electron chi connectivity index (χ0n) is 17.2. The Labute approximate surface area is 185 Å². The number of likely N-dealkylation sites (tertiary alicyclic amines) is 1. The second-order valence-corrected chi connectivity index (χ2v) is 7.67. The highest BCUT2D eigenvalue weighted by Crippen LogP contribution is 2.24. The third kappa shape index (κ3) is 6.36. The van der Waals surface area contributed by atoms with Gasteiger partial charge >= 0.3 is 17.8 Å². The molecule has 0 atom stereocenters. The number of nitrogens with one attached hydrogen (secondary N) is 3. The summed E-state index contributed by atoms with van der Waals surface area (Å²) in [5.74, 6) is -0.616. The lowest BCUT2D eigenvalue weighted by Gasteiger charge is -2.32. The maximum Gasteiger partial charge on any atom is 0.321 e. The molecule has 2 aromatic carbocycles. The van der Waals surface area contributed by atoms with Gasteiger partial charge in [-0.1, -0.05) is 23.7 Å². The van der Waals surface area contributed by atoms with Crippen LogP contribution in [-0.2, 0) is 9.59 Å². The number of piperidine rings is 1. The molecule has 4 amide bonds. The zero-order valence-corrected chi connectivity index (χ0v) is 17.9. The van der Waals surface area contributed by atoms with Gasteiger partial charge in [-0.05, 0) is 55.2 Å². The van der Waals surface area contributed by atoms with Gasteiger partial charge in [-0.15, -0.1) is 0 Å². The van der Waals surface area contributed by atoms with Crippen molar-refractivity contribution in [3.05, 3.63) is 53.6 Å². The van der Waals surface area contributed by atoms with Gasteiger partial charge in [-0.2, -0.15) is 0 Å². The summed E-state index contributed by atoms with van der Waals surface area (Å²) in [7, 11) is 1.56. The molecule has 2 aromatic rings. The quantitative estimate of drug-likeness (QED) is 0.616. The van der Waals surface area contributed by atoms with Crippen LogP contribution in [0.15, 0.2) is 48.5 Å². The number of hydrogen-bond acceptors (Lipinski definition) is 4. The van der Waals surface area contributed by atoms with Gasteiger partial charge in [-0.3, -0.25) is 9.59 Å². The summed E-state index contributed by atoms with van der Waals surface area (Å²) in [5, 5.41) is 8.62. The van der Waals surface area contributed by atoms with Crippen LogP contribution < -0.4 is 20.7 Å². The number of rotatable bonds is 5. The van der Waals surface area contributed by atoms with E-state index in [1.165, 1.54) is 0 Å². The third-order valence-corrected chi connectivity index (χ3v) is 5.36. The molecule has 0 saturated carbocycles. The zero-order chi connectivity index (χ0) is 22.2. The van der Waals surface area contributed by atoms with Crippen LogP contribution in [0.3, 0.4) is 0 Å². The number of methoxy groups -OCH3 is 1. The van der Waals surface area contributed by atoms with Gasteiger partial charge in [0.05, 0.1) is 12.8 Å². The van der Waals surface area contributed by atoms with E-state index in [2.05, 4.69) is 16.0 Å². The van der Waals surface area contributed by atoms with Gasteiger partial charge in [0.2, 0.25) is 0 Å². The molecule has 3 rings (SSSR count). The molecule has 1 aliphatic rings. The van der Waals surface area contributed by atoms with E-state index in [0.717, 1.165) is 12.8 Å². The fraction of sp³-hybridized carbons (Fsp3) is 0.318. The van der Waals surface area contributed by atoms with Gasteiger partial charge in [0.1, 0.15) is 5.75 Å². The summed E-state index contributed by atoms with van der Waals surface area (Å²) >= 11 is 5.80. The maximum absolute atomic E-state index is 12.5. The van der Waals surface area contributed by atoms with Crippen molar-refractivity contribution < 1.29 is 19.1 Å². The van der Waals surface area contributed by atoms with E-state index in [9.17, 15) is 14.4 Å². The molecule has 1 fully saturated rings. The van der Waals surface area contributed by atoms with Crippen molar-refractivity contribution in [2.45, 2.75) is 12.8 Å². The first-order valence-corrected chi connectivity index (χ1v) is 10.4. The van der Waals surface area contributed by atoms with Gasteiger partial charge in [0.15, 0.2) is 0 Å². The van der Waals surface area contributed by atoms with Crippen molar-refractivity contribution in [2.75, 3.05) is 37.4 Å². The summed E-state index contributed by atoms with van der Waals surface area (Å²) in [6, 6.07) is 13.6. The maximum atomic E-state index is 12.5. The Balaban J connectivity index is 1.40. The minimum Gasteiger partial charge on any atom is -0.495 e. The van der Waals surface area contributed by atoms with E-state index >= 15 is 0 Å². The van der Waals surface area contributed by atoms with Crippen molar-refractivity contribution >= 4 is 40.8 Å². The second-order valence-electron chi connectivity index (χ2n) is 7.23. The lowest BCUT2D eigenvalue weighted by molar-refractivity contribution is -0.136. The minimum atomic E-state index is -0.726. The fourth-order valence-electron chi connectivity index (χ4n) is 3.32. The van der Waals surface area contributed by atoms with Crippen LogP contribution in [0.2, 0.25) is 5.02 Å². The normalized spacial score (nSPS) is 13.9. The Morgan fingerprint density at radius 2 is 1.68 bits per heavy atom. The molecular weight excluding hydrogens is 420 g/mol. The van der Waals surface area contributed by atoms with Crippen molar-refractivity contribution in [1.29, 1.82) is 0 Å². The molecule has 31 heavy (non-hydrogen) atoms. The van der Waals surface area contributed by atoms with Gasteiger partial charge < -0.3 is 25.6 Å². The van der Waals surface area contributed by atoms with Crippen molar-refractivity contribution in [1.82, 2.24) is 10.2 Å². The van der Waals surface area contributed by atoms with Crippen LogP contribution in [0.1, 0.15) is 12.8 Å². The molecule has 0 aromatic heterocycles. The van der Waals surface area contributed by atoms with Crippen LogP contribution in [-0.4, -0.2) is 49.5 Å². The first kappa shape index (κ1) is 22.4. The summed E-state index contributed by atoms with van der Waals surface area (Å²) < 4.78 is 5.25. The Bertz CT molecular complexity index is 927. The first-order chi connectivity index (χ1) is 15.0. The van der Waals surface area contributed by atoms with Crippen molar-refractivity contribution in [3.63, 3.8) is 0 Å². The number of carbonyl (C=O) groups excluding carboxylic acids is 3. The number of amides is 4. The number of para-hydroxylation sites is 2. The highest BCUT2D eigenvalue weighted by Gasteiger charge is 2.24. The number of halogens is 1. The molecule has 1 heterocycles. The Morgan fingerprint density at radius 1 is 1.00 bits per heavy atom. The van der Waals surface area contributed by atoms with Gasteiger partial charge in [0, 0.05) is 30.3 Å². The molecular formula is C22H25ClN4O4. The summed E-state index contributed by atoms with van der Waals surface area (Å²) in [5.41, 5.74) is 1.12. The number of hydrogen-bond donors (Lipinski definition) is 3. The van der Waals surface area contributed by atoms with Gasteiger partial charge in [0.25, 0.3) is 0 Å². The number of carbonyl (C=O) groups is 3. The molecule has 0 radical (unpaired) electrons. The summed E-state index contributed by atoms with van der Waals surface area (Å²) in [6.45, 7) is 1.52. The number of benzene rings is 2. The number of anilines is 2. The molecule has 0 spiro atoms. The number of nitrogens with zero attached hydrogens (tertiary/aromatic N) is 1.